The Morgan fingerprint density at radius 1 is 0.786 bits per heavy atom. The number of hydrazone groups is 1. The highest BCUT2D eigenvalue weighted by atomic mass is 16.2. The van der Waals surface area contributed by atoms with Crippen LogP contribution in [0.1, 0.15) is 27.7 Å². The molecule has 3 N–H and O–H groups in total. The highest BCUT2D eigenvalue weighted by Gasteiger charge is 2.52. The second-order valence-corrected chi connectivity index (χ2v) is 11.2. The maximum atomic E-state index is 14.0. The first-order valence-electron chi connectivity index (χ1n) is 13.9. The van der Waals surface area contributed by atoms with Gasteiger partial charge in [0.25, 0.3) is 17.4 Å². The van der Waals surface area contributed by atoms with Crippen molar-refractivity contribution in [2.75, 3.05) is 39.6 Å². The van der Waals surface area contributed by atoms with E-state index in [4.69, 9.17) is 5.10 Å². The maximum Gasteiger partial charge on any atom is 0.272 e. The number of carbonyl (C=O) groups is 2. The number of hydrogen-bond acceptors (Lipinski definition) is 8. The number of rotatable bonds is 7. The molecule has 42 heavy (non-hydrogen) atoms. The zero-order valence-electron chi connectivity index (χ0n) is 22.9. The molecule has 0 radical (unpaired) electrons. The molecular formula is C31H30N8O3. The number of fused-ring (bicyclic) bond motifs is 1. The topological polar surface area (TPSA) is 126 Å². The molecule has 0 spiro atoms. The molecule has 8 rings (SSSR count). The van der Waals surface area contributed by atoms with Crippen LogP contribution < -0.4 is 16.3 Å². The Kier molecular flexibility index (Phi) is 6.62. The lowest BCUT2D eigenvalue weighted by atomic mass is 9.74. The third-order valence-corrected chi connectivity index (χ3v) is 8.18. The minimum Gasteiger partial charge on any atom is -0.335 e. The monoisotopic (exact) mass is 562 g/mol. The van der Waals surface area contributed by atoms with Crippen molar-refractivity contribution in [3.8, 4) is 0 Å². The highest BCUT2D eigenvalue weighted by molar-refractivity contribution is 6.06. The van der Waals surface area contributed by atoms with E-state index in [0.29, 0.717) is 16.3 Å². The molecule has 4 fully saturated rings. The molecule has 4 bridgehead atoms. The van der Waals surface area contributed by atoms with Gasteiger partial charge in [0.2, 0.25) is 0 Å². The number of benzene rings is 3. The fourth-order valence-corrected chi connectivity index (χ4v) is 6.62. The average Bonchev–Trinajstić information content (AvgIpc) is 3.00. The second-order valence-electron chi connectivity index (χ2n) is 11.2. The molecule has 1 atom stereocenters. The van der Waals surface area contributed by atoms with Crippen LogP contribution in [-0.4, -0.2) is 82.1 Å². The Morgan fingerprint density at radius 2 is 1.33 bits per heavy atom. The molecule has 0 aliphatic carbocycles. The summed E-state index contributed by atoms with van der Waals surface area (Å²) in [5.41, 5.74) is 4.45. The molecule has 0 saturated carbocycles. The third-order valence-electron chi connectivity index (χ3n) is 8.18. The van der Waals surface area contributed by atoms with Crippen molar-refractivity contribution in [2.24, 2.45) is 10.5 Å². The van der Waals surface area contributed by atoms with Gasteiger partial charge in [-0.2, -0.15) is 10.2 Å². The van der Waals surface area contributed by atoms with Crippen molar-refractivity contribution in [3.05, 3.63) is 112 Å². The number of amides is 2. The molecule has 1 aromatic heterocycles. The smallest absolute Gasteiger partial charge is 0.272 e. The van der Waals surface area contributed by atoms with Gasteiger partial charge in [0.15, 0.2) is 6.04 Å². The maximum absolute atomic E-state index is 14.0. The predicted octanol–water partition coefficient (Wildman–Crippen LogP) is 1.72. The standard InChI is InChI=1S/C31H30N8O3/c40-28(22-11-5-2-6-12-22)32-26(25-23-13-7-8-14-24(23)29(41)35-33-25)30(42)36-34-27(21-9-3-1-4-10-21)31-15-37-18-38(16-31)20-39(17-31)19-37/h1-14,26H,15-20H2,(H,32,40)(H,35,41)(H,36,42)/t26-/m1/s1. The summed E-state index contributed by atoms with van der Waals surface area (Å²) in [5, 5.41) is 15.2. The molecule has 5 heterocycles. The van der Waals surface area contributed by atoms with E-state index in [0.717, 1.165) is 50.9 Å². The molecule has 0 unspecified atom stereocenters. The molecule has 3 aromatic carbocycles. The van der Waals surface area contributed by atoms with Gasteiger partial charge in [-0.3, -0.25) is 29.1 Å². The van der Waals surface area contributed by atoms with E-state index in [-0.39, 0.29) is 16.7 Å². The van der Waals surface area contributed by atoms with E-state index in [9.17, 15) is 14.4 Å². The molecule has 4 saturated heterocycles. The number of carbonyl (C=O) groups excluding carboxylic acids is 2. The van der Waals surface area contributed by atoms with Crippen LogP contribution in [0.25, 0.3) is 10.8 Å². The quantitative estimate of drug-likeness (QED) is 0.231. The van der Waals surface area contributed by atoms with E-state index >= 15 is 0 Å². The largest absolute Gasteiger partial charge is 0.335 e. The van der Waals surface area contributed by atoms with Gasteiger partial charge in [-0.1, -0.05) is 66.7 Å². The Hall–Kier alpha value is -4.71. The van der Waals surface area contributed by atoms with Crippen molar-refractivity contribution in [3.63, 3.8) is 0 Å². The van der Waals surface area contributed by atoms with Crippen LogP contribution in [-0.2, 0) is 4.79 Å². The van der Waals surface area contributed by atoms with E-state index in [1.54, 1.807) is 48.5 Å². The SMILES string of the molecule is O=C(N[C@@H](C(=O)NN=C(c1ccccc1)C12CN3CN(CN(C3)C1)C2)c1n[nH]c(=O)c2ccccc12)c1ccccc1. The van der Waals surface area contributed by atoms with E-state index in [1.165, 1.54) is 0 Å². The summed E-state index contributed by atoms with van der Waals surface area (Å²) < 4.78 is 0. The first kappa shape index (κ1) is 26.2. The van der Waals surface area contributed by atoms with Gasteiger partial charge in [0.05, 0.1) is 36.5 Å². The fraction of sp³-hybridized carbons (Fsp3) is 0.258. The van der Waals surface area contributed by atoms with Crippen molar-refractivity contribution in [1.29, 1.82) is 0 Å². The van der Waals surface area contributed by atoms with Crippen LogP contribution >= 0.6 is 0 Å². The molecule has 212 valence electrons. The molecule has 4 aromatic rings. The number of aromatic nitrogens is 2. The third kappa shape index (κ3) is 4.77. The van der Waals surface area contributed by atoms with Crippen molar-refractivity contribution < 1.29 is 9.59 Å². The predicted molar refractivity (Wildman–Crippen MR) is 157 cm³/mol. The first-order chi connectivity index (χ1) is 20.5. The molecule has 11 heteroatoms. The van der Waals surface area contributed by atoms with Gasteiger partial charge in [0.1, 0.15) is 5.69 Å². The minimum absolute atomic E-state index is 0.224. The van der Waals surface area contributed by atoms with E-state index in [1.807, 2.05) is 36.4 Å². The Balaban J connectivity index is 1.27. The Morgan fingerprint density at radius 3 is 1.95 bits per heavy atom. The van der Waals surface area contributed by atoms with Crippen LogP contribution in [0, 0.1) is 5.41 Å². The summed E-state index contributed by atoms with van der Waals surface area (Å²) in [6, 6.07) is 24.2. The molecular weight excluding hydrogens is 532 g/mol. The highest BCUT2D eigenvalue weighted by Crippen LogP contribution is 2.38. The van der Waals surface area contributed by atoms with Crippen molar-refractivity contribution >= 4 is 28.3 Å². The van der Waals surface area contributed by atoms with Crippen LogP contribution in [0.2, 0.25) is 0 Å². The van der Waals surface area contributed by atoms with Gasteiger partial charge in [-0.25, -0.2) is 10.5 Å². The summed E-state index contributed by atoms with van der Waals surface area (Å²) in [5.74, 6) is -1.02. The minimum atomic E-state index is -1.23. The van der Waals surface area contributed by atoms with Gasteiger partial charge >= 0.3 is 0 Å². The zero-order chi connectivity index (χ0) is 28.7. The zero-order valence-corrected chi connectivity index (χ0v) is 22.9. The van der Waals surface area contributed by atoms with Gasteiger partial charge in [-0.15, -0.1) is 0 Å². The number of nitrogens with one attached hydrogen (secondary N) is 3. The lowest BCUT2D eigenvalue weighted by Crippen LogP contribution is -2.74. The Labute approximate surface area is 241 Å². The number of nitrogens with zero attached hydrogens (tertiary/aromatic N) is 5. The van der Waals surface area contributed by atoms with Crippen LogP contribution in [0.5, 0.6) is 0 Å². The first-order valence-corrected chi connectivity index (χ1v) is 13.9. The summed E-state index contributed by atoms with van der Waals surface area (Å²) in [4.78, 5) is 47.0. The fourth-order valence-electron chi connectivity index (χ4n) is 6.62. The summed E-state index contributed by atoms with van der Waals surface area (Å²) in [6.07, 6.45) is 0. The van der Waals surface area contributed by atoms with Gasteiger partial charge in [-0.05, 0) is 23.8 Å². The number of hydrogen-bond donors (Lipinski definition) is 3. The summed E-state index contributed by atoms with van der Waals surface area (Å²) in [6.45, 7) is 5.28. The van der Waals surface area contributed by atoms with Crippen LogP contribution in [0.15, 0.2) is 94.8 Å². The van der Waals surface area contributed by atoms with Crippen molar-refractivity contribution in [2.45, 2.75) is 6.04 Å². The van der Waals surface area contributed by atoms with E-state index < -0.39 is 17.9 Å². The second kappa shape index (κ2) is 10.6. The Bertz CT molecular complexity index is 1700. The lowest BCUT2D eigenvalue weighted by Gasteiger charge is -2.60. The van der Waals surface area contributed by atoms with Crippen molar-refractivity contribution in [1.82, 2.24) is 35.6 Å². The summed E-state index contributed by atoms with van der Waals surface area (Å²) >= 11 is 0. The lowest BCUT2D eigenvalue weighted by molar-refractivity contribution is -0.149. The normalized spacial score (nSPS) is 25.2. The van der Waals surface area contributed by atoms with Gasteiger partial charge in [0, 0.05) is 30.6 Å². The van der Waals surface area contributed by atoms with E-state index in [2.05, 4.69) is 35.6 Å². The molecule has 11 nitrogen and oxygen atoms in total. The van der Waals surface area contributed by atoms with Crippen LogP contribution in [0.4, 0.5) is 0 Å². The molecule has 4 aliphatic rings. The average molecular weight is 563 g/mol. The number of H-pyrrole nitrogens is 1. The van der Waals surface area contributed by atoms with Crippen LogP contribution in [0.3, 0.4) is 0 Å². The molecule has 4 aliphatic heterocycles. The summed E-state index contributed by atoms with van der Waals surface area (Å²) in [7, 11) is 0. The van der Waals surface area contributed by atoms with Gasteiger partial charge < -0.3 is 5.32 Å². The molecule has 2 amide bonds. The number of aromatic amines is 1.